The van der Waals surface area contributed by atoms with Crippen LogP contribution in [0.4, 0.5) is 5.69 Å². The first-order valence-corrected chi connectivity index (χ1v) is 7.33. The molecule has 0 saturated heterocycles. The smallest absolute Gasteiger partial charge is 0.238 e. The highest BCUT2D eigenvalue weighted by molar-refractivity contribution is 6.40. The second-order valence-electron chi connectivity index (χ2n) is 5.72. The lowest BCUT2D eigenvalue weighted by atomic mass is 10.1. The fourth-order valence-corrected chi connectivity index (χ4v) is 2.14. The summed E-state index contributed by atoms with van der Waals surface area (Å²) in [5.74, 6) is -0.673. The predicted molar refractivity (Wildman–Crippen MR) is 87.4 cm³/mol. The van der Waals surface area contributed by atoms with Crippen molar-refractivity contribution in [1.29, 1.82) is 5.26 Å². The summed E-state index contributed by atoms with van der Waals surface area (Å²) in [5.41, 5.74) is 0.364. The van der Waals surface area contributed by atoms with Gasteiger partial charge in [-0.1, -0.05) is 23.2 Å². The van der Waals surface area contributed by atoms with Crippen molar-refractivity contribution in [2.45, 2.75) is 32.7 Å². The molecule has 0 radical (unpaired) electrons. The lowest BCUT2D eigenvalue weighted by Crippen LogP contribution is -2.39. The van der Waals surface area contributed by atoms with Crippen LogP contribution in [0.1, 0.15) is 37.6 Å². The van der Waals surface area contributed by atoms with Gasteiger partial charge in [-0.25, -0.2) is 0 Å². The van der Waals surface area contributed by atoms with Gasteiger partial charge in [-0.15, -0.1) is 0 Å². The van der Waals surface area contributed by atoms with Crippen LogP contribution >= 0.6 is 23.2 Å². The maximum absolute atomic E-state index is 12.1. The van der Waals surface area contributed by atoms with E-state index in [1.54, 1.807) is 6.07 Å². The SMILES string of the molecule is CC(C)(C)NCC(=O)c1cc(Cl)c(NC(=O)CC#N)c(Cl)c1. The minimum Gasteiger partial charge on any atom is -0.323 e. The van der Waals surface area contributed by atoms with Gasteiger partial charge in [0.25, 0.3) is 0 Å². The lowest BCUT2D eigenvalue weighted by molar-refractivity contribution is -0.115. The van der Waals surface area contributed by atoms with Crippen LogP contribution in [0.15, 0.2) is 12.1 Å². The molecular formula is C15H17Cl2N3O2. The van der Waals surface area contributed by atoms with Crippen molar-refractivity contribution in [1.82, 2.24) is 5.32 Å². The van der Waals surface area contributed by atoms with Crippen molar-refractivity contribution in [3.8, 4) is 6.07 Å². The number of Topliss-reactive ketones (excluding diaryl/α,β-unsaturated/α-hetero) is 1. The molecule has 0 atom stereocenters. The van der Waals surface area contributed by atoms with E-state index < -0.39 is 5.91 Å². The Morgan fingerprint density at radius 3 is 2.23 bits per heavy atom. The lowest BCUT2D eigenvalue weighted by Gasteiger charge is -2.20. The van der Waals surface area contributed by atoms with E-state index >= 15 is 0 Å². The fraction of sp³-hybridized carbons (Fsp3) is 0.400. The zero-order valence-electron chi connectivity index (χ0n) is 12.6. The standard InChI is InChI=1S/C15H17Cl2N3O2/c1-15(2,3)19-8-12(21)9-6-10(16)14(11(17)7-9)20-13(22)4-5-18/h6-7,19H,4,8H2,1-3H3,(H,20,22). The highest BCUT2D eigenvalue weighted by Gasteiger charge is 2.17. The van der Waals surface area contributed by atoms with Gasteiger partial charge >= 0.3 is 0 Å². The molecule has 2 N–H and O–H groups in total. The van der Waals surface area contributed by atoms with E-state index in [0.717, 1.165) is 0 Å². The Morgan fingerprint density at radius 2 is 1.77 bits per heavy atom. The van der Waals surface area contributed by atoms with Crippen molar-refractivity contribution in [3.05, 3.63) is 27.7 Å². The zero-order valence-corrected chi connectivity index (χ0v) is 14.1. The number of nitrogens with zero attached hydrogens (tertiary/aromatic N) is 1. The number of rotatable bonds is 5. The Bertz CT molecular complexity index is 608. The van der Waals surface area contributed by atoms with Crippen LogP contribution in [0.5, 0.6) is 0 Å². The van der Waals surface area contributed by atoms with Crippen molar-refractivity contribution in [2.75, 3.05) is 11.9 Å². The summed E-state index contributed by atoms with van der Waals surface area (Å²) < 4.78 is 0. The highest BCUT2D eigenvalue weighted by atomic mass is 35.5. The summed E-state index contributed by atoms with van der Waals surface area (Å²) in [4.78, 5) is 23.5. The molecule has 0 spiro atoms. The van der Waals surface area contributed by atoms with E-state index in [2.05, 4.69) is 10.6 Å². The van der Waals surface area contributed by atoms with Gasteiger partial charge in [-0.3, -0.25) is 9.59 Å². The molecule has 1 aromatic rings. The Kier molecular flexibility index (Phi) is 6.36. The molecule has 1 aromatic carbocycles. The zero-order chi connectivity index (χ0) is 16.9. The molecule has 0 fully saturated rings. The van der Waals surface area contributed by atoms with Gasteiger partial charge in [0.2, 0.25) is 5.91 Å². The second-order valence-corrected chi connectivity index (χ2v) is 6.54. The van der Waals surface area contributed by atoms with Crippen LogP contribution in [0.2, 0.25) is 10.0 Å². The molecule has 118 valence electrons. The highest BCUT2D eigenvalue weighted by Crippen LogP contribution is 2.32. The number of hydrogen-bond donors (Lipinski definition) is 2. The number of carbonyl (C=O) groups excluding carboxylic acids is 2. The Balaban J connectivity index is 2.92. The first-order chi connectivity index (χ1) is 10.1. The number of nitriles is 1. The van der Waals surface area contributed by atoms with E-state index in [0.29, 0.717) is 5.56 Å². The van der Waals surface area contributed by atoms with E-state index in [9.17, 15) is 9.59 Å². The van der Waals surface area contributed by atoms with Crippen LogP contribution in [-0.2, 0) is 4.79 Å². The first-order valence-electron chi connectivity index (χ1n) is 6.58. The number of halogens is 2. The summed E-state index contributed by atoms with van der Waals surface area (Å²) in [6.45, 7) is 6.01. The maximum atomic E-state index is 12.1. The topological polar surface area (TPSA) is 82.0 Å². The molecule has 0 aromatic heterocycles. The third-order valence-corrected chi connectivity index (χ3v) is 3.24. The minimum atomic E-state index is -0.514. The fourth-order valence-electron chi connectivity index (χ4n) is 1.56. The number of ketones is 1. The van der Waals surface area contributed by atoms with E-state index in [1.165, 1.54) is 12.1 Å². The van der Waals surface area contributed by atoms with Crippen molar-refractivity contribution >= 4 is 40.6 Å². The summed E-state index contributed by atoms with van der Waals surface area (Å²) in [6, 6.07) is 4.62. The summed E-state index contributed by atoms with van der Waals surface area (Å²) in [6.07, 6.45) is -0.303. The van der Waals surface area contributed by atoms with E-state index in [4.69, 9.17) is 28.5 Å². The molecule has 1 amide bonds. The van der Waals surface area contributed by atoms with Crippen LogP contribution in [0, 0.1) is 11.3 Å². The van der Waals surface area contributed by atoms with Crippen LogP contribution in [-0.4, -0.2) is 23.8 Å². The molecule has 0 aliphatic rings. The van der Waals surface area contributed by atoms with Gasteiger partial charge in [0, 0.05) is 11.1 Å². The molecule has 0 bridgehead atoms. The molecule has 0 heterocycles. The van der Waals surface area contributed by atoms with Gasteiger partial charge in [-0.2, -0.15) is 5.26 Å². The average molecular weight is 342 g/mol. The normalized spacial score (nSPS) is 10.9. The Morgan fingerprint density at radius 1 is 1.23 bits per heavy atom. The summed E-state index contributed by atoms with van der Waals surface area (Å²) in [5, 5.41) is 14.3. The largest absolute Gasteiger partial charge is 0.323 e. The van der Waals surface area contributed by atoms with Crippen molar-refractivity contribution in [3.63, 3.8) is 0 Å². The molecule has 0 unspecified atom stereocenters. The molecule has 7 heteroatoms. The van der Waals surface area contributed by atoms with Gasteiger partial charge in [0.1, 0.15) is 6.42 Å². The summed E-state index contributed by atoms with van der Waals surface area (Å²) >= 11 is 12.1. The number of benzene rings is 1. The van der Waals surface area contributed by atoms with Crippen LogP contribution < -0.4 is 10.6 Å². The molecular weight excluding hydrogens is 325 g/mol. The van der Waals surface area contributed by atoms with Crippen LogP contribution in [0.25, 0.3) is 0 Å². The third-order valence-electron chi connectivity index (χ3n) is 2.65. The van der Waals surface area contributed by atoms with Gasteiger partial charge in [0.05, 0.1) is 28.3 Å². The predicted octanol–water partition coefficient (Wildman–Crippen LogP) is 3.42. The number of anilines is 1. The van der Waals surface area contributed by atoms with Crippen molar-refractivity contribution < 1.29 is 9.59 Å². The molecule has 0 aliphatic carbocycles. The monoisotopic (exact) mass is 341 g/mol. The number of hydrogen-bond acceptors (Lipinski definition) is 4. The molecule has 5 nitrogen and oxygen atoms in total. The maximum Gasteiger partial charge on any atom is 0.238 e. The number of amides is 1. The quantitative estimate of drug-likeness (QED) is 0.804. The van der Waals surface area contributed by atoms with Crippen molar-refractivity contribution in [2.24, 2.45) is 0 Å². The van der Waals surface area contributed by atoms with Crippen LogP contribution in [0.3, 0.4) is 0 Å². The number of nitrogens with one attached hydrogen (secondary N) is 2. The van der Waals surface area contributed by atoms with Gasteiger partial charge in [-0.05, 0) is 32.9 Å². The minimum absolute atomic E-state index is 0.149. The second kappa shape index (κ2) is 7.59. The van der Waals surface area contributed by atoms with E-state index in [1.807, 2.05) is 20.8 Å². The molecule has 1 rings (SSSR count). The van der Waals surface area contributed by atoms with E-state index in [-0.39, 0.29) is 40.0 Å². The average Bonchev–Trinajstić information content (AvgIpc) is 2.39. The molecule has 22 heavy (non-hydrogen) atoms. The first kappa shape index (κ1) is 18.4. The van der Waals surface area contributed by atoms with Gasteiger partial charge in [0.15, 0.2) is 5.78 Å². The molecule has 0 saturated carbocycles. The number of carbonyl (C=O) groups is 2. The molecule has 0 aliphatic heterocycles. The Labute approximate surface area is 139 Å². The van der Waals surface area contributed by atoms with Gasteiger partial charge < -0.3 is 10.6 Å². The summed E-state index contributed by atoms with van der Waals surface area (Å²) in [7, 11) is 0. The Hall–Kier alpha value is -1.61. The third kappa shape index (κ3) is 5.64.